The summed E-state index contributed by atoms with van der Waals surface area (Å²) in [5.41, 5.74) is -1.82. The van der Waals surface area contributed by atoms with Crippen molar-refractivity contribution in [2.24, 2.45) is 0 Å². The van der Waals surface area contributed by atoms with Crippen molar-refractivity contribution < 1.29 is 26.7 Å². The Balaban J connectivity index is 2.25. The molecule has 2 rings (SSSR count). The van der Waals surface area contributed by atoms with Gasteiger partial charge in [0.15, 0.2) is 0 Å². The summed E-state index contributed by atoms with van der Waals surface area (Å²) in [6, 6.07) is 4.04. The van der Waals surface area contributed by atoms with Crippen molar-refractivity contribution in [1.82, 2.24) is 4.98 Å². The van der Waals surface area contributed by atoms with E-state index in [-0.39, 0.29) is 11.3 Å². The molecule has 0 spiro atoms. The first-order chi connectivity index (χ1) is 9.77. The number of rotatable bonds is 2. The van der Waals surface area contributed by atoms with E-state index in [1.54, 1.807) is 0 Å². The first kappa shape index (κ1) is 14.9. The minimum atomic E-state index is -4.90. The largest absolute Gasteiger partial charge is 0.419 e. The fourth-order valence-corrected chi connectivity index (χ4v) is 1.54. The molecule has 0 bridgehead atoms. The normalized spacial score (nSPS) is 11.3. The third kappa shape index (κ3) is 3.53. The summed E-state index contributed by atoms with van der Waals surface area (Å²) in [7, 11) is 0. The number of pyridine rings is 1. The molecule has 2 aromatic rings. The number of hydrogen-bond donors (Lipinski definition) is 1. The lowest BCUT2D eigenvalue weighted by Crippen LogP contribution is -2.15. The quantitative estimate of drug-likeness (QED) is 0.680. The van der Waals surface area contributed by atoms with Crippen molar-refractivity contribution in [1.29, 1.82) is 0 Å². The van der Waals surface area contributed by atoms with Gasteiger partial charge in [0, 0.05) is 5.56 Å². The third-order valence-electron chi connectivity index (χ3n) is 2.52. The molecule has 0 aliphatic rings. The summed E-state index contributed by atoms with van der Waals surface area (Å²) >= 11 is 0. The van der Waals surface area contributed by atoms with E-state index < -0.39 is 29.4 Å². The van der Waals surface area contributed by atoms with Crippen molar-refractivity contribution >= 4 is 11.6 Å². The molecule has 1 amide bonds. The molecule has 0 aliphatic carbocycles. The predicted octanol–water partition coefficient (Wildman–Crippen LogP) is 3.63. The zero-order chi connectivity index (χ0) is 15.6. The molecule has 3 nitrogen and oxygen atoms in total. The van der Waals surface area contributed by atoms with Crippen LogP contribution in [0.3, 0.4) is 0 Å². The molecule has 0 aliphatic heterocycles. The number of halogens is 5. The number of anilines is 1. The van der Waals surface area contributed by atoms with Crippen molar-refractivity contribution in [2.75, 3.05) is 5.32 Å². The molecular formula is C13H7F5N2O. The molecule has 1 N–H and O–H groups in total. The van der Waals surface area contributed by atoms with Crippen LogP contribution in [0.2, 0.25) is 0 Å². The van der Waals surface area contributed by atoms with Gasteiger partial charge in [0.25, 0.3) is 5.91 Å². The van der Waals surface area contributed by atoms with Gasteiger partial charge in [0.05, 0.1) is 17.4 Å². The van der Waals surface area contributed by atoms with Crippen LogP contribution in [0, 0.1) is 11.8 Å². The zero-order valence-corrected chi connectivity index (χ0v) is 10.2. The van der Waals surface area contributed by atoms with Crippen molar-refractivity contribution in [3.8, 4) is 0 Å². The Labute approximate surface area is 115 Å². The molecule has 0 atom stereocenters. The molecule has 21 heavy (non-hydrogen) atoms. The van der Waals surface area contributed by atoms with Crippen LogP contribution in [-0.2, 0) is 6.18 Å². The van der Waals surface area contributed by atoms with E-state index in [4.69, 9.17) is 0 Å². The number of amides is 1. The number of carbonyl (C=O) groups is 1. The topological polar surface area (TPSA) is 42.0 Å². The van der Waals surface area contributed by atoms with Crippen LogP contribution in [-0.4, -0.2) is 10.9 Å². The summed E-state index contributed by atoms with van der Waals surface area (Å²) in [4.78, 5) is 15.0. The monoisotopic (exact) mass is 302 g/mol. The number of hydrogen-bond acceptors (Lipinski definition) is 2. The summed E-state index contributed by atoms with van der Waals surface area (Å²) < 4.78 is 63.3. The highest BCUT2D eigenvalue weighted by Gasteiger charge is 2.34. The van der Waals surface area contributed by atoms with E-state index in [1.807, 2.05) is 0 Å². The van der Waals surface area contributed by atoms with E-state index in [9.17, 15) is 26.7 Å². The Morgan fingerprint density at radius 1 is 1.10 bits per heavy atom. The first-order valence-corrected chi connectivity index (χ1v) is 5.57. The lowest BCUT2D eigenvalue weighted by molar-refractivity contribution is -0.140. The SMILES string of the molecule is O=C(Nc1ccc(F)nc1)c1ccc(F)c(C(F)(F)F)c1. The molecule has 1 aromatic heterocycles. The van der Waals surface area contributed by atoms with Gasteiger partial charge in [0.2, 0.25) is 5.95 Å². The second kappa shape index (κ2) is 5.47. The van der Waals surface area contributed by atoms with Crippen molar-refractivity contribution in [3.63, 3.8) is 0 Å². The molecule has 8 heteroatoms. The average molecular weight is 302 g/mol. The summed E-state index contributed by atoms with van der Waals surface area (Å²) in [6.45, 7) is 0. The van der Waals surface area contributed by atoms with Crippen LogP contribution in [0.5, 0.6) is 0 Å². The van der Waals surface area contributed by atoms with Gasteiger partial charge in [-0.15, -0.1) is 0 Å². The second-order valence-electron chi connectivity index (χ2n) is 4.02. The Hall–Kier alpha value is -2.51. The molecular weight excluding hydrogens is 295 g/mol. The maximum Gasteiger partial charge on any atom is 0.419 e. The number of benzene rings is 1. The van der Waals surface area contributed by atoms with Crippen LogP contribution in [0.25, 0.3) is 0 Å². The van der Waals surface area contributed by atoms with Crippen molar-refractivity contribution in [3.05, 3.63) is 59.4 Å². The molecule has 0 radical (unpaired) electrons. The Kier molecular flexibility index (Phi) is 3.88. The number of carbonyl (C=O) groups excluding carboxylic acids is 1. The number of nitrogens with one attached hydrogen (secondary N) is 1. The van der Waals surface area contributed by atoms with Crippen LogP contribution in [0.4, 0.5) is 27.6 Å². The third-order valence-corrected chi connectivity index (χ3v) is 2.52. The second-order valence-corrected chi connectivity index (χ2v) is 4.02. The van der Waals surface area contributed by atoms with E-state index in [0.29, 0.717) is 12.1 Å². The first-order valence-electron chi connectivity index (χ1n) is 5.57. The summed E-state index contributed by atoms with van der Waals surface area (Å²) in [5.74, 6) is -3.13. The van der Waals surface area contributed by atoms with Gasteiger partial charge in [-0.1, -0.05) is 0 Å². The molecule has 0 fully saturated rings. The van der Waals surface area contributed by atoms with Gasteiger partial charge < -0.3 is 5.32 Å². The van der Waals surface area contributed by atoms with Gasteiger partial charge >= 0.3 is 6.18 Å². The number of aromatic nitrogens is 1. The van der Waals surface area contributed by atoms with E-state index in [0.717, 1.165) is 18.3 Å². The van der Waals surface area contributed by atoms with Gasteiger partial charge in [-0.25, -0.2) is 9.37 Å². The van der Waals surface area contributed by atoms with Crippen LogP contribution >= 0.6 is 0 Å². The minimum absolute atomic E-state index is 0.0966. The van der Waals surface area contributed by atoms with Crippen LogP contribution < -0.4 is 5.32 Å². The Bertz CT molecular complexity index is 667. The highest BCUT2D eigenvalue weighted by atomic mass is 19.4. The lowest BCUT2D eigenvalue weighted by atomic mass is 10.1. The molecule has 0 saturated heterocycles. The van der Waals surface area contributed by atoms with Gasteiger partial charge in [0.1, 0.15) is 5.82 Å². The van der Waals surface area contributed by atoms with E-state index in [2.05, 4.69) is 10.3 Å². The fourth-order valence-electron chi connectivity index (χ4n) is 1.54. The van der Waals surface area contributed by atoms with Gasteiger partial charge in [-0.3, -0.25) is 4.79 Å². The lowest BCUT2D eigenvalue weighted by Gasteiger charge is -2.10. The minimum Gasteiger partial charge on any atom is -0.321 e. The summed E-state index contributed by atoms with van der Waals surface area (Å²) in [5, 5.41) is 2.23. The molecule has 1 aromatic carbocycles. The fraction of sp³-hybridized carbons (Fsp3) is 0.0769. The van der Waals surface area contributed by atoms with E-state index in [1.165, 1.54) is 6.07 Å². The smallest absolute Gasteiger partial charge is 0.321 e. The predicted molar refractivity (Wildman–Crippen MR) is 63.6 cm³/mol. The highest BCUT2D eigenvalue weighted by Crippen LogP contribution is 2.32. The van der Waals surface area contributed by atoms with Crippen molar-refractivity contribution in [2.45, 2.75) is 6.18 Å². The van der Waals surface area contributed by atoms with Gasteiger partial charge in [-0.05, 0) is 30.3 Å². The highest BCUT2D eigenvalue weighted by molar-refractivity contribution is 6.04. The molecule has 0 unspecified atom stereocenters. The number of alkyl halides is 3. The average Bonchev–Trinajstić information content (AvgIpc) is 2.40. The maximum atomic E-state index is 13.1. The Morgan fingerprint density at radius 2 is 1.81 bits per heavy atom. The van der Waals surface area contributed by atoms with E-state index >= 15 is 0 Å². The van der Waals surface area contributed by atoms with Crippen LogP contribution in [0.15, 0.2) is 36.5 Å². The molecule has 110 valence electrons. The maximum absolute atomic E-state index is 13.1. The van der Waals surface area contributed by atoms with Gasteiger partial charge in [-0.2, -0.15) is 17.6 Å². The standard InChI is InChI=1S/C13H7F5N2O/c14-10-3-1-7(5-9(10)13(16,17)18)12(21)20-8-2-4-11(15)19-6-8/h1-6H,(H,20,21). The Morgan fingerprint density at radius 3 is 2.38 bits per heavy atom. The molecule has 0 saturated carbocycles. The van der Waals surface area contributed by atoms with Crippen LogP contribution in [0.1, 0.15) is 15.9 Å². The summed E-state index contributed by atoms with van der Waals surface area (Å²) in [6.07, 6.45) is -3.90. The zero-order valence-electron chi connectivity index (χ0n) is 10.2. The number of nitrogens with zero attached hydrogens (tertiary/aromatic N) is 1. The molecule has 1 heterocycles.